The van der Waals surface area contributed by atoms with Crippen molar-refractivity contribution in [3.05, 3.63) is 90.5 Å². The van der Waals surface area contributed by atoms with Crippen molar-refractivity contribution in [2.75, 3.05) is 30.3 Å². The van der Waals surface area contributed by atoms with Crippen LogP contribution in [0.1, 0.15) is 12.0 Å². The van der Waals surface area contributed by atoms with E-state index in [0.717, 1.165) is 5.56 Å². The molecule has 1 unspecified atom stereocenters. The first-order valence-corrected chi connectivity index (χ1v) is 11.5. The molecule has 2 N–H and O–H groups in total. The summed E-state index contributed by atoms with van der Waals surface area (Å²) >= 11 is 0. The van der Waals surface area contributed by atoms with Crippen molar-refractivity contribution in [3.8, 4) is 5.75 Å². The predicted molar refractivity (Wildman–Crippen MR) is 130 cm³/mol. The number of carbonyl (C=O) groups excluding carboxylic acids is 2. The number of hydrogen-bond donors (Lipinski definition) is 2. The number of alkyl halides is 3. The van der Waals surface area contributed by atoms with Crippen LogP contribution in [0.25, 0.3) is 0 Å². The first-order valence-electron chi connectivity index (χ1n) is 11.5. The van der Waals surface area contributed by atoms with Crippen molar-refractivity contribution in [2.45, 2.75) is 19.1 Å². The standard InChI is InChI=1S/C27H26F3N3O3/c28-27(29,30)26(14-15-33(19-26)17-20-8-3-1-4-9-20)25(35)32-22-12-7-13-23(16-22)36-18-24(34)31-21-10-5-2-6-11-21/h1-13,16H,14-15,17-19H2,(H,31,34)(H,32,35). The van der Waals surface area contributed by atoms with E-state index in [1.807, 2.05) is 36.4 Å². The Morgan fingerprint density at radius 3 is 2.25 bits per heavy atom. The highest BCUT2D eigenvalue weighted by Crippen LogP contribution is 2.46. The Balaban J connectivity index is 1.39. The molecule has 0 aromatic heterocycles. The van der Waals surface area contributed by atoms with Gasteiger partial charge in [-0.05, 0) is 42.8 Å². The van der Waals surface area contributed by atoms with E-state index in [0.29, 0.717) is 12.2 Å². The number of rotatable bonds is 8. The van der Waals surface area contributed by atoms with E-state index in [2.05, 4.69) is 10.6 Å². The van der Waals surface area contributed by atoms with E-state index >= 15 is 0 Å². The second-order valence-corrected chi connectivity index (χ2v) is 8.71. The lowest BCUT2D eigenvalue weighted by Crippen LogP contribution is -2.49. The molecule has 3 aromatic carbocycles. The van der Waals surface area contributed by atoms with E-state index in [1.54, 1.807) is 35.2 Å². The average molecular weight is 498 g/mol. The molecule has 188 valence electrons. The summed E-state index contributed by atoms with van der Waals surface area (Å²) < 4.78 is 48.0. The van der Waals surface area contributed by atoms with Crippen LogP contribution in [0, 0.1) is 5.41 Å². The maximum atomic E-state index is 14.2. The van der Waals surface area contributed by atoms with Crippen LogP contribution in [0.3, 0.4) is 0 Å². The van der Waals surface area contributed by atoms with Gasteiger partial charge in [-0.2, -0.15) is 13.2 Å². The van der Waals surface area contributed by atoms with Crippen molar-refractivity contribution >= 4 is 23.2 Å². The molecule has 1 aliphatic rings. The van der Waals surface area contributed by atoms with Crippen molar-refractivity contribution in [1.29, 1.82) is 0 Å². The third kappa shape index (κ3) is 6.04. The minimum Gasteiger partial charge on any atom is -0.484 e. The summed E-state index contributed by atoms with van der Waals surface area (Å²) in [5.41, 5.74) is -0.862. The molecule has 0 radical (unpaired) electrons. The molecule has 1 saturated heterocycles. The number of benzene rings is 3. The van der Waals surface area contributed by atoms with Gasteiger partial charge in [0.25, 0.3) is 5.91 Å². The number of hydrogen-bond acceptors (Lipinski definition) is 4. The van der Waals surface area contributed by atoms with Gasteiger partial charge >= 0.3 is 6.18 Å². The molecule has 36 heavy (non-hydrogen) atoms. The Kier molecular flexibility index (Phi) is 7.59. The highest BCUT2D eigenvalue weighted by molar-refractivity contribution is 5.96. The molecule has 4 rings (SSSR count). The molecule has 1 heterocycles. The lowest BCUT2D eigenvalue weighted by atomic mass is 9.85. The molecule has 1 fully saturated rings. The number of amides is 2. The Hall–Kier alpha value is -3.85. The van der Waals surface area contributed by atoms with Gasteiger partial charge in [-0.1, -0.05) is 54.6 Å². The highest BCUT2D eigenvalue weighted by atomic mass is 19.4. The average Bonchev–Trinajstić information content (AvgIpc) is 3.30. The Morgan fingerprint density at radius 2 is 1.56 bits per heavy atom. The molecule has 0 spiro atoms. The SMILES string of the molecule is O=C(COc1cccc(NC(=O)C2(C(F)(F)F)CCN(Cc3ccccc3)C2)c1)Nc1ccccc1. The number of halogens is 3. The summed E-state index contributed by atoms with van der Waals surface area (Å²) in [5.74, 6) is -1.25. The van der Waals surface area contributed by atoms with E-state index in [1.165, 1.54) is 18.2 Å². The van der Waals surface area contributed by atoms with Gasteiger partial charge in [0.1, 0.15) is 5.75 Å². The van der Waals surface area contributed by atoms with E-state index in [4.69, 9.17) is 4.74 Å². The van der Waals surface area contributed by atoms with Crippen LogP contribution >= 0.6 is 0 Å². The van der Waals surface area contributed by atoms with Crippen molar-refractivity contribution in [3.63, 3.8) is 0 Å². The Morgan fingerprint density at radius 1 is 0.889 bits per heavy atom. The minimum atomic E-state index is -4.72. The number of ether oxygens (including phenoxy) is 1. The zero-order valence-corrected chi connectivity index (χ0v) is 19.4. The first kappa shape index (κ1) is 25.2. The maximum Gasteiger partial charge on any atom is 0.404 e. The van der Waals surface area contributed by atoms with Crippen molar-refractivity contribution < 1.29 is 27.5 Å². The third-order valence-electron chi connectivity index (χ3n) is 6.09. The molecule has 0 aliphatic carbocycles. The van der Waals surface area contributed by atoms with Gasteiger partial charge in [-0.15, -0.1) is 0 Å². The zero-order chi connectivity index (χ0) is 25.6. The smallest absolute Gasteiger partial charge is 0.404 e. The minimum absolute atomic E-state index is 0.154. The zero-order valence-electron chi connectivity index (χ0n) is 19.4. The van der Waals surface area contributed by atoms with E-state index in [9.17, 15) is 22.8 Å². The molecule has 0 saturated carbocycles. The quantitative estimate of drug-likeness (QED) is 0.455. The molecular formula is C27H26F3N3O3. The van der Waals surface area contributed by atoms with Crippen molar-refractivity contribution in [2.24, 2.45) is 5.41 Å². The van der Waals surface area contributed by atoms with Crippen LogP contribution in [0.4, 0.5) is 24.5 Å². The van der Waals surface area contributed by atoms with Gasteiger partial charge in [0.15, 0.2) is 12.0 Å². The Bertz CT molecular complexity index is 1190. The van der Waals surface area contributed by atoms with Crippen LogP contribution in [0.15, 0.2) is 84.9 Å². The van der Waals surface area contributed by atoms with Gasteiger partial charge in [0.05, 0.1) is 0 Å². The van der Waals surface area contributed by atoms with Crippen LogP contribution in [0.2, 0.25) is 0 Å². The van der Waals surface area contributed by atoms with Crippen LogP contribution in [-0.2, 0) is 16.1 Å². The molecule has 9 heteroatoms. The van der Waals surface area contributed by atoms with Gasteiger partial charge in [-0.25, -0.2) is 0 Å². The van der Waals surface area contributed by atoms with Gasteiger partial charge in [0.2, 0.25) is 5.91 Å². The monoisotopic (exact) mass is 497 g/mol. The molecule has 2 amide bonds. The number of para-hydroxylation sites is 1. The Labute approximate surface area is 207 Å². The largest absolute Gasteiger partial charge is 0.484 e. The summed E-state index contributed by atoms with van der Waals surface area (Å²) in [4.78, 5) is 26.7. The van der Waals surface area contributed by atoms with Gasteiger partial charge in [-0.3, -0.25) is 14.5 Å². The fourth-order valence-electron chi connectivity index (χ4n) is 4.19. The second kappa shape index (κ2) is 10.8. The second-order valence-electron chi connectivity index (χ2n) is 8.71. The first-order chi connectivity index (χ1) is 17.2. The van der Waals surface area contributed by atoms with E-state index in [-0.39, 0.29) is 31.0 Å². The molecule has 1 atom stereocenters. The fourth-order valence-corrected chi connectivity index (χ4v) is 4.19. The number of likely N-dealkylation sites (tertiary alicyclic amines) is 1. The summed E-state index contributed by atoms with van der Waals surface area (Å²) in [6, 6.07) is 24.0. The number of nitrogens with one attached hydrogen (secondary N) is 2. The third-order valence-corrected chi connectivity index (χ3v) is 6.09. The number of anilines is 2. The predicted octanol–water partition coefficient (Wildman–Crippen LogP) is 5.10. The summed E-state index contributed by atoms with van der Waals surface area (Å²) in [5, 5.41) is 5.09. The van der Waals surface area contributed by atoms with Crippen LogP contribution < -0.4 is 15.4 Å². The van der Waals surface area contributed by atoms with Gasteiger partial charge < -0.3 is 15.4 Å². The summed E-state index contributed by atoms with van der Waals surface area (Å²) in [7, 11) is 0. The molecule has 3 aromatic rings. The maximum absolute atomic E-state index is 14.2. The number of nitrogens with zero attached hydrogens (tertiary/aromatic N) is 1. The molecule has 0 bridgehead atoms. The normalized spacial score (nSPS) is 18.0. The topological polar surface area (TPSA) is 70.7 Å². The highest BCUT2D eigenvalue weighted by Gasteiger charge is 2.63. The van der Waals surface area contributed by atoms with Gasteiger partial charge in [0, 0.05) is 30.5 Å². The molecular weight excluding hydrogens is 471 g/mol. The lowest BCUT2D eigenvalue weighted by molar-refractivity contribution is -0.215. The molecule has 6 nitrogen and oxygen atoms in total. The van der Waals surface area contributed by atoms with E-state index < -0.39 is 30.0 Å². The molecule has 1 aliphatic heterocycles. The number of carbonyl (C=O) groups is 2. The lowest BCUT2D eigenvalue weighted by Gasteiger charge is -2.30. The van der Waals surface area contributed by atoms with Crippen LogP contribution in [0.5, 0.6) is 5.75 Å². The van der Waals surface area contributed by atoms with Crippen LogP contribution in [-0.4, -0.2) is 42.6 Å². The summed E-state index contributed by atoms with van der Waals surface area (Å²) in [6.07, 6.45) is -5.04. The van der Waals surface area contributed by atoms with Crippen molar-refractivity contribution in [1.82, 2.24) is 4.90 Å². The fraction of sp³-hybridized carbons (Fsp3) is 0.259. The summed E-state index contributed by atoms with van der Waals surface area (Å²) in [6.45, 7) is -0.234.